The number of nitrogens with zero attached hydrogens (tertiary/aromatic N) is 1. The fourth-order valence-electron chi connectivity index (χ4n) is 2.25. The third-order valence-electron chi connectivity index (χ3n) is 3.32. The van der Waals surface area contributed by atoms with Crippen LogP contribution >= 0.6 is 0 Å². The number of hydrogen-bond acceptors (Lipinski definition) is 5. The van der Waals surface area contributed by atoms with Gasteiger partial charge in [0.05, 0.1) is 24.7 Å². The molecule has 6 nitrogen and oxygen atoms in total. The molecule has 1 aliphatic rings. The lowest BCUT2D eigenvalue weighted by molar-refractivity contribution is 0.148. The van der Waals surface area contributed by atoms with Gasteiger partial charge >= 0.3 is 0 Å². The molecule has 0 radical (unpaired) electrons. The minimum atomic E-state index is -3.56. The lowest BCUT2D eigenvalue weighted by Crippen LogP contribution is -2.33. The van der Waals surface area contributed by atoms with Gasteiger partial charge in [0.15, 0.2) is 0 Å². The third-order valence-corrected chi connectivity index (χ3v) is 5.22. The molecule has 1 heterocycles. The number of sulfonamides is 1. The lowest BCUT2D eigenvalue weighted by atomic mass is 10.2. The predicted octanol–water partition coefficient (Wildman–Crippen LogP) is 0.989. The van der Waals surface area contributed by atoms with Crippen molar-refractivity contribution in [3.63, 3.8) is 0 Å². The average Bonchev–Trinajstić information content (AvgIpc) is 2.77. The summed E-state index contributed by atoms with van der Waals surface area (Å²) < 4.78 is 37.3. The monoisotopic (exact) mass is 315 g/mol. The van der Waals surface area contributed by atoms with Crippen LogP contribution in [0.25, 0.3) is 0 Å². The van der Waals surface area contributed by atoms with Crippen LogP contribution in [-0.4, -0.2) is 50.7 Å². The first-order valence-electron chi connectivity index (χ1n) is 7.04. The molecule has 1 saturated heterocycles. The largest absolute Gasteiger partial charge is 0.494 e. The van der Waals surface area contributed by atoms with Crippen LogP contribution < -0.4 is 4.74 Å². The first kappa shape index (κ1) is 16.2. The number of aliphatic hydroxyl groups is 1. The van der Waals surface area contributed by atoms with Crippen molar-refractivity contribution < 1.29 is 23.0 Å². The second kappa shape index (κ2) is 7.22. The summed E-state index contributed by atoms with van der Waals surface area (Å²) in [5, 5.41) is 9.38. The van der Waals surface area contributed by atoms with Gasteiger partial charge in [-0.1, -0.05) is 0 Å². The molecule has 0 saturated carbocycles. The zero-order valence-electron chi connectivity index (χ0n) is 12.1. The molecule has 1 aromatic carbocycles. The molecule has 0 aromatic heterocycles. The number of benzene rings is 1. The van der Waals surface area contributed by atoms with Crippen LogP contribution in [0.4, 0.5) is 0 Å². The molecule has 1 aromatic rings. The van der Waals surface area contributed by atoms with E-state index in [1.165, 1.54) is 16.4 Å². The molecule has 7 heteroatoms. The number of aliphatic hydroxyl groups excluding tert-OH is 1. The van der Waals surface area contributed by atoms with E-state index < -0.39 is 10.0 Å². The van der Waals surface area contributed by atoms with Crippen LogP contribution in [0.3, 0.4) is 0 Å². The van der Waals surface area contributed by atoms with Crippen LogP contribution in [0.1, 0.15) is 18.9 Å². The van der Waals surface area contributed by atoms with Crippen LogP contribution in [0.5, 0.6) is 5.75 Å². The zero-order valence-corrected chi connectivity index (χ0v) is 12.9. The van der Waals surface area contributed by atoms with Crippen LogP contribution in [-0.2, 0) is 21.4 Å². The summed E-state index contributed by atoms with van der Waals surface area (Å²) in [5.74, 6) is 0.512. The Kier molecular flexibility index (Phi) is 5.58. The highest BCUT2D eigenvalue weighted by Crippen LogP contribution is 2.25. The van der Waals surface area contributed by atoms with Crippen LogP contribution in [0.15, 0.2) is 23.1 Å². The molecule has 21 heavy (non-hydrogen) atoms. The van der Waals surface area contributed by atoms with E-state index in [0.29, 0.717) is 50.6 Å². The zero-order chi connectivity index (χ0) is 15.3. The highest BCUT2D eigenvalue weighted by molar-refractivity contribution is 7.89. The summed E-state index contributed by atoms with van der Waals surface area (Å²) in [5.41, 5.74) is 0.476. The molecule has 1 fully saturated rings. The van der Waals surface area contributed by atoms with E-state index in [4.69, 9.17) is 9.47 Å². The van der Waals surface area contributed by atoms with Gasteiger partial charge in [-0.05, 0) is 31.5 Å². The van der Waals surface area contributed by atoms with Crippen molar-refractivity contribution in [1.82, 2.24) is 4.31 Å². The summed E-state index contributed by atoms with van der Waals surface area (Å²) in [6.07, 6.45) is 0.684. The molecular weight excluding hydrogens is 294 g/mol. The first-order chi connectivity index (χ1) is 10.1. The fourth-order valence-corrected chi connectivity index (χ4v) is 3.76. The van der Waals surface area contributed by atoms with Crippen molar-refractivity contribution in [3.05, 3.63) is 23.8 Å². The highest BCUT2D eigenvalue weighted by atomic mass is 32.2. The van der Waals surface area contributed by atoms with E-state index in [1.807, 2.05) is 6.92 Å². The van der Waals surface area contributed by atoms with Crippen molar-refractivity contribution in [2.45, 2.75) is 24.8 Å². The van der Waals surface area contributed by atoms with Crippen molar-refractivity contribution in [1.29, 1.82) is 0 Å². The van der Waals surface area contributed by atoms with E-state index >= 15 is 0 Å². The van der Waals surface area contributed by atoms with Gasteiger partial charge in [0.2, 0.25) is 10.0 Å². The topological polar surface area (TPSA) is 76.1 Å². The second-order valence-corrected chi connectivity index (χ2v) is 6.67. The molecule has 118 valence electrons. The van der Waals surface area contributed by atoms with Gasteiger partial charge in [0.25, 0.3) is 0 Å². The molecule has 1 aliphatic heterocycles. The standard InChI is InChI=1S/C14H21NO5S/c1-2-20-14-5-4-13(10-12(14)11-16)21(17,18)15-6-3-8-19-9-7-15/h4-5,10,16H,2-3,6-9,11H2,1H3. The molecular formula is C14H21NO5S. The minimum absolute atomic E-state index is 0.178. The van der Waals surface area contributed by atoms with Crippen molar-refractivity contribution >= 4 is 10.0 Å². The minimum Gasteiger partial charge on any atom is -0.494 e. The SMILES string of the molecule is CCOc1ccc(S(=O)(=O)N2CCCOCC2)cc1CO. The Morgan fingerprint density at radius 3 is 2.86 bits per heavy atom. The molecule has 2 rings (SSSR count). The van der Waals surface area contributed by atoms with E-state index in [2.05, 4.69) is 0 Å². The maximum Gasteiger partial charge on any atom is 0.243 e. The molecule has 0 aliphatic carbocycles. The summed E-state index contributed by atoms with van der Waals surface area (Å²) in [6.45, 7) is 3.82. The Morgan fingerprint density at radius 1 is 1.33 bits per heavy atom. The quantitative estimate of drug-likeness (QED) is 0.877. The molecule has 0 spiro atoms. The van der Waals surface area contributed by atoms with Gasteiger partial charge < -0.3 is 14.6 Å². The maximum atomic E-state index is 12.6. The number of rotatable bonds is 5. The Balaban J connectivity index is 2.30. The fraction of sp³-hybridized carbons (Fsp3) is 0.571. The Morgan fingerprint density at radius 2 is 2.14 bits per heavy atom. The molecule has 0 amide bonds. The van der Waals surface area contributed by atoms with Crippen molar-refractivity contribution in [2.24, 2.45) is 0 Å². The van der Waals surface area contributed by atoms with Gasteiger partial charge in [-0.25, -0.2) is 8.42 Å². The van der Waals surface area contributed by atoms with Crippen LogP contribution in [0.2, 0.25) is 0 Å². The average molecular weight is 315 g/mol. The van der Waals surface area contributed by atoms with E-state index in [-0.39, 0.29) is 11.5 Å². The van der Waals surface area contributed by atoms with E-state index in [9.17, 15) is 13.5 Å². The normalized spacial score (nSPS) is 17.4. The van der Waals surface area contributed by atoms with Crippen LogP contribution in [0, 0.1) is 0 Å². The Labute approximate surface area is 125 Å². The maximum absolute atomic E-state index is 12.6. The molecule has 0 atom stereocenters. The Bertz CT molecular complexity index is 565. The number of hydrogen-bond donors (Lipinski definition) is 1. The smallest absolute Gasteiger partial charge is 0.243 e. The second-order valence-electron chi connectivity index (χ2n) is 4.73. The van der Waals surface area contributed by atoms with E-state index in [1.54, 1.807) is 6.07 Å². The lowest BCUT2D eigenvalue weighted by Gasteiger charge is -2.20. The summed E-state index contributed by atoms with van der Waals surface area (Å²) in [4.78, 5) is 0.178. The van der Waals surface area contributed by atoms with Crippen molar-refractivity contribution in [3.8, 4) is 5.75 Å². The van der Waals surface area contributed by atoms with Gasteiger partial charge in [-0.15, -0.1) is 0 Å². The molecule has 1 N–H and O–H groups in total. The van der Waals surface area contributed by atoms with Gasteiger partial charge in [-0.2, -0.15) is 4.31 Å². The molecule has 0 bridgehead atoms. The highest BCUT2D eigenvalue weighted by Gasteiger charge is 2.26. The van der Waals surface area contributed by atoms with Gasteiger partial charge in [0.1, 0.15) is 5.75 Å². The summed E-state index contributed by atoms with van der Waals surface area (Å²) in [6, 6.07) is 4.59. The predicted molar refractivity (Wildman–Crippen MR) is 77.7 cm³/mol. The first-order valence-corrected chi connectivity index (χ1v) is 8.48. The van der Waals surface area contributed by atoms with Gasteiger partial charge in [0, 0.05) is 25.3 Å². The van der Waals surface area contributed by atoms with Gasteiger partial charge in [-0.3, -0.25) is 0 Å². The summed E-state index contributed by atoms with van der Waals surface area (Å²) in [7, 11) is -3.56. The number of ether oxygens (including phenoxy) is 2. The van der Waals surface area contributed by atoms with Crippen molar-refractivity contribution in [2.75, 3.05) is 32.9 Å². The van der Waals surface area contributed by atoms with E-state index in [0.717, 1.165) is 0 Å². The summed E-state index contributed by atoms with van der Waals surface area (Å²) >= 11 is 0. The third kappa shape index (κ3) is 3.74. The molecule has 0 unspecified atom stereocenters. The Hall–Kier alpha value is -1.15.